The van der Waals surface area contributed by atoms with E-state index in [4.69, 9.17) is 4.42 Å². The number of nitrogens with zero attached hydrogens (tertiary/aromatic N) is 3. The summed E-state index contributed by atoms with van der Waals surface area (Å²) >= 11 is 0. The van der Waals surface area contributed by atoms with E-state index in [9.17, 15) is 0 Å². The van der Waals surface area contributed by atoms with Gasteiger partial charge in [-0.15, -0.1) is 0 Å². The molecule has 0 fully saturated rings. The Morgan fingerprint density at radius 3 is 2.62 bits per heavy atom. The van der Waals surface area contributed by atoms with Gasteiger partial charge in [-0.05, 0) is 29.8 Å². The third-order valence-electron chi connectivity index (χ3n) is 4.79. The van der Waals surface area contributed by atoms with E-state index in [0.717, 1.165) is 30.3 Å². The van der Waals surface area contributed by atoms with Gasteiger partial charge in [0, 0.05) is 37.9 Å². The highest BCUT2D eigenvalue weighted by Crippen LogP contribution is 2.19. The summed E-state index contributed by atoms with van der Waals surface area (Å²) in [5.74, 6) is 1.35. The number of benzene rings is 2. The molecule has 0 atom stereocenters. The Morgan fingerprint density at radius 2 is 1.83 bits per heavy atom. The molecule has 3 aromatic rings. The molecule has 0 radical (unpaired) electrons. The first-order valence-electron chi connectivity index (χ1n) is 9.75. The summed E-state index contributed by atoms with van der Waals surface area (Å²) in [7, 11) is 1.76. The van der Waals surface area contributed by atoms with Gasteiger partial charge in [0.05, 0.1) is 12.2 Å². The van der Waals surface area contributed by atoms with Crippen molar-refractivity contribution >= 4 is 11.6 Å². The highest BCUT2D eigenvalue weighted by Gasteiger charge is 2.09. The van der Waals surface area contributed by atoms with Gasteiger partial charge in [-0.1, -0.05) is 42.5 Å². The molecule has 0 aliphatic carbocycles. The molecular weight excluding hydrogens is 362 g/mol. The lowest BCUT2D eigenvalue weighted by molar-refractivity contribution is 0.572. The van der Waals surface area contributed by atoms with Crippen molar-refractivity contribution in [2.45, 2.75) is 13.1 Å². The van der Waals surface area contributed by atoms with Gasteiger partial charge in [0.25, 0.3) is 0 Å². The Kier molecular flexibility index (Phi) is 5.90. The van der Waals surface area contributed by atoms with Crippen LogP contribution in [0.1, 0.15) is 11.3 Å². The van der Waals surface area contributed by atoms with E-state index in [-0.39, 0.29) is 0 Å². The largest absolute Gasteiger partial charge is 0.444 e. The van der Waals surface area contributed by atoms with Gasteiger partial charge < -0.3 is 20.0 Å². The summed E-state index contributed by atoms with van der Waals surface area (Å²) in [5.41, 5.74) is 4.25. The van der Waals surface area contributed by atoms with Gasteiger partial charge in [-0.3, -0.25) is 4.99 Å². The van der Waals surface area contributed by atoms with Crippen LogP contribution in [-0.2, 0) is 13.1 Å². The number of hydrogen-bond donors (Lipinski definition) is 2. The van der Waals surface area contributed by atoms with Crippen molar-refractivity contribution in [2.24, 2.45) is 4.99 Å². The SMILES string of the molecule is CN=C(NCc1cccc(N2CC=CC2)c1)NCc1coc(-c2ccccc2)n1. The average molecular weight is 387 g/mol. The van der Waals surface area contributed by atoms with E-state index in [1.54, 1.807) is 13.3 Å². The van der Waals surface area contributed by atoms with E-state index in [1.807, 2.05) is 30.3 Å². The molecule has 6 heteroatoms. The number of aliphatic imine (C=N–C) groups is 1. The van der Waals surface area contributed by atoms with Crippen molar-refractivity contribution in [3.05, 3.63) is 84.3 Å². The molecule has 2 N–H and O–H groups in total. The third-order valence-corrected chi connectivity index (χ3v) is 4.79. The van der Waals surface area contributed by atoms with Crippen molar-refractivity contribution in [3.8, 4) is 11.5 Å². The number of guanidine groups is 1. The Labute approximate surface area is 171 Å². The molecule has 1 aliphatic rings. The summed E-state index contributed by atoms with van der Waals surface area (Å²) in [4.78, 5) is 11.2. The van der Waals surface area contributed by atoms with Crippen LogP contribution < -0.4 is 15.5 Å². The highest BCUT2D eigenvalue weighted by molar-refractivity contribution is 5.79. The van der Waals surface area contributed by atoms with Crippen LogP contribution in [0.3, 0.4) is 0 Å². The second kappa shape index (κ2) is 9.10. The van der Waals surface area contributed by atoms with Gasteiger partial charge >= 0.3 is 0 Å². The zero-order valence-corrected chi connectivity index (χ0v) is 16.5. The van der Waals surface area contributed by atoms with Crippen LogP contribution in [0, 0.1) is 0 Å². The van der Waals surface area contributed by atoms with Crippen LogP contribution in [0.5, 0.6) is 0 Å². The summed E-state index contributed by atoms with van der Waals surface area (Å²) in [5, 5.41) is 6.65. The van der Waals surface area contributed by atoms with Crippen molar-refractivity contribution in [3.63, 3.8) is 0 Å². The maximum atomic E-state index is 5.59. The number of hydrogen-bond acceptors (Lipinski definition) is 4. The molecule has 1 aromatic heterocycles. The van der Waals surface area contributed by atoms with Gasteiger partial charge in [-0.25, -0.2) is 4.98 Å². The topological polar surface area (TPSA) is 65.7 Å². The monoisotopic (exact) mass is 387 g/mol. The minimum absolute atomic E-state index is 0.537. The fraction of sp³-hybridized carbons (Fsp3) is 0.217. The zero-order valence-electron chi connectivity index (χ0n) is 16.5. The quantitative estimate of drug-likeness (QED) is 0.384. The highest BCUT2D eigenvalue weighted by atomic mass is 16.3. The summed E-state index contributed by atoms with van der Waals surface area (Å²) < 4.78 is 5.59. The summed E-state index contributed by atoms with van der Waals surface area (Å²) in [6.45, 7) is 3.18. The molecule has 2 aromatic carbocycles. The maximum absolute atomic E-state index is 5.59. The maximum Gasteiger partial charge on any atom is 0.226 e. The second-order valence-corrected chi connectivity index (χ2v) is 6.84. The van der Waals surface area contributed by atoms with Crippen LogP contribution >= 0.6 is 0 Å². The van der Waals surface area contributed by atoms with Crippen molar-refractivity contribution in [1.82, 2.24) is 15.6 Å². The Bertz CT molecular complexity index is 985. The van der Waals surface area contributed by atoms with Crippen LogP contribution in [-0.4, -0.2) is 31.1 Å². The number of anilines is 1. The molecule has 1 aliphatic heterocycles. The zero-order chi connectivity index (χ0) is 19.9. The fourth-order valence-corrected chi connectivity index (χ4v) is 3.23. The van der Waals surface area contributed by atoms with Crippen LogP contribution in [0.2, 0.25) is 0 Å². The van der Waals surface area contributed by atoms with Gasteiger partial charge in [0.1, 0.15) is 6.26 Å². The molecule has 0 unspecified atom stereocenters. The molecule has 0 bridgehead atoms. The molecule has 0 spiro atoms. The van der Waals surface area contributed by atoms with Crippen molar-refractivity contribution in [2.75, 3.05) is 25.0 Å². The second-order valence-electron chi connectivity index (χ2n) is 6.84. The molecule has 6 nitrogen and oxygen atoms in total. The van der Waals surface area contributed by atoms with E-state index in [2.05, 4.69) is 61.9 Å². The normalized spacial score (nSPS) is 13.7. The third kappa shape index (κ3) is 4.85. The van der Waals surface area contributed by atoms with E-state index < -0.39 is 0 Å². The number of oxazole rings is 1. The van der Waals surface area contributed by atoms with Gasteiger partial charge in [0.15, 0.2) is 5.96 Å². The van der Waals surface area contributed by atoms with Gasteiger partial charge in [-0.2, -0.15) is 0 Å². The van der Waals surface area contributed by atoms with Crippen LogP contribution in [0.15, 0.2) is 82.4 Å². The lowest BCUT2D eigenvalue weighted by atomic mass is 10.2. The number of aromatic nitrogens is 1. The summed E-state index contributed by atoms with van der Waals surface area (Å²) in [6, 6.07) is 18.5. The number of nitrogens with one attached hydrogen (secondary N) is 2. The Balaban J connectivity index is 1.30. The average Bonchev–Trinajstić information content (AvgIpc) is 3.47. The predicted molar refractivity (Wildman–Crippen MR) is 117 cm³/mol. The fourth-order valence-electron chi connectivity index (χ4n) is 3.23. The number of rotatable bonds is 6. The molecule has 4 rings (SSSR count). The molecule has 29 heavy (non-hydrogen) atoms. The molecular formula is C23H25N5O. The van der Waals surface area contributed by atoms with Crippen LogP contribution in [0.25, 0.3) is 11.5 Å². The first kappa shape index (κ1) is 18.8. The smallest absolute Gasteiger partial charge is 0.226 e. The van der Waals surface area contributed by atoms with E-state index in [0.29, 0.717) is 19.0 Å². The summed E-state index contributed by atoms with van der Waals surface area (Å²) in [6.07, 6.45) is 6.07. The van der Waals surface area contributed by atoms with Crippen LogP contribution in [0.4, 0.5) is 5.69 Å². The first-order chi connectivity index (χ1) is 14.3. The van der Waals surface area contributed by atoms with Crippen molar-refractivity contribution in [1.29, 1.82) is 0 Å². The van der Waals surface area contributed by atoms with E-state index in [1.165, 1.54) is 11.3 Å². The van der Waals surface area contributed by atoms with Gasteiger partial charge in [0.2, 0.25) is 5.89 Å². The predicted octanol–water partition coefficient (Wildman–Crippen LogP) is 3.58. The lowest BCUT2D eigenvalue weighted by Gasteiger charge is -2.19. The minimum atomic E-state index is 0.537. The van der Waals surface area contributed by atoms with Crippen molar-refractivity contribution < 1.29 is 4.42 Å². The molecule has 0 saturated heterocycles. The minimum Gasteiger partial charge on any atom is -0.444 e. The molecule has 0 saturated carbocycles. The Hall–Kier alpha value is -3.54. The standard InChI is InChI=1S/C23H25N5O/c1-24-23(25-15-18-8-7-11-21(14-18)28-12-5-6-13-28)26-16-20-17-29-22(27-20)19-9-3-2-4-10-19/h2-11,14,17H,12-13,15-16H2,1H3,(H2,24,25,26). The molecule has 2 heterocycles. The molecule has 148 valence electrons. The Morgan fingerprint density at radius 1 is 1.03 bits per heavy atom. The lowest BCUT2D eigenvalue weighted by Crippen LogP contribution is -2.36. The molecule has 0 amide bonds. The van der Waals surface area contributed by atoms with E-state index >= 15 is 0 Å². The first-order valence-corrected chi connectivity index (χ1v) is 9.75.